The highest BCUT2D eigenvalue weighted by molar-refractivity contribution is 6.29. The van der Waals surface area contributed by atoms with Crippen LogP contribution in [0.2, 0.25) is 5.15 Å². The quantitative estimate of drug-likeness (QED) is 0.716. The highest BCUT2D eigenvalue weighted by Crippen LogP contribution is 2.24. The summed E-state index contributed by atoms with van der Waals surface area (Å²) >= 11 is 5.80. The first-order valence-electron chi connectivity index (χ1n) is 5.76. The van der Waals surface area contributed by atoms with Gasteiger partial charge in [-0.25, -0.2) is 4.98 Å². The molecule has 0 unspecified atom stereocenters. The average Bonchev–Trinajstić information content (AvgIpc) is 2.39. The Labute approximate surface area is 106 Å². The molecule has 2 aromatic rings. The van der Waals surface area contributed by atoms with Crippen molar-refractivity contribution in [2.45, 2.75) is 13.0 Å². The number of hydrogen-bond donors (Lipinski definition) is 0. The van der Waals surface area contributed by atoms with Gasteiger partial charge in [0.25, 0.3) is 0 Å². The molecule has 1 aliphatic heterocycles. The standard InChI is InChI=1S/C14H13ClN2/c15-14-6-5-13(9-16-14)17-8-7-11-3-1-2-4-12(11)10-17/h1-6,9H,7-8,10H2. The van der Waals surface area contributed by atoms with Gasteiger partial charge in [0.15, 0.2) is 0 Å². The zero-order chi connectivity index (χ0) is 11.7. The lowest BCUT2D eigenvalue weighted by molar-refractivity contribution is 0.730. The van der Waals surface area contributed by atoms with E-state index in [0.717, 1.165) is 25.2 Å². The van der Waals surface area contributed by atoms with Gasteiger partial charge in [-0.15, -0.1) is 0 Å². The molecule has 1 aromatic heterocycles. The summed E-state index contributed by atoms with van der Waals surface area (Å²) in [4.78, 5) is 6.47. The Morgan fingerprint density at radius 2 is 1.88 bits per heavy atom. The number of anilines is 1. The molecule has 0 radical (unpaired) electrons. The molecular formula is C14H13ClN2. The number of benzene rings is 1. The monoisotopic (exact) mass is 244 g/mol. The van der Waals surface area contributed by atoms with Crippen molar-refractivity contribution < 1.29 is 0 Å². The largest absolute Gasteiger partial charge is 0.366 e. The van der Waals surface area contributed by atoms with E-state index in [1.54, 1.807) is 0 Å². The van der Waals surface area contributed by atoms with Crippen LogP contribution in [0.3, 0.4) is 0 Å². The van der Waals surface area contributed by atoms with E-state index in [2.05, 4.69) is 34.1 Å². The molecule has 0 N–H and O–H groups in total. The maximum Gasteiger partial charge on any atom is 0.129 e. The Balaban J connectivity index is 1.86. The predicted octanol–water partition coefficient (Wildman–Crippen LogP) is 3.30. The zero-order valence-electron chi connectivity index (χ0n) is 9.44. The van der Waals surface area contributed by atoms with Gasteiger partial charge in [0.05, 0.1) is 11.9 Å². The fourth-order valence-corrected chi connectivity index (χ4v) is 2.38. The Kier molecular flexibility index (Phi) is 2.73. The molecule has 3 rings (SSSR count). The van der Waals surface area contributed by atoms with Crippen LogP contribution in [0.1, 0.15) is 11.1 Å². The van der Waals surface area contributed by atoms with Crippen molar-refractivity contribution in [2.24, 2.45) is 0 Å². The van der Waals surface area contributed by atoms with Crippen molar-refractivity contribution in [2.75, 3.05) is 11.4 Å². The number of aromatic nitrogens is 1. The molecule has 3 heteroatoms. The van der Waals surface area contributed by atoms with Crippen molar-refractivity contribution in [3.63, 3.8) is 0 Å². The van der Waals surface area contributed by atoms with Crippen molar-refractivity contribution >= 4 is 17.3 Å². The normalized spacial score (nSPS) is 14.5. The molecule has 0 aliphatic carbocycles. The average molecular weight is 245 g/mol. The van der Waals surface area contributed by atoms with E-state index >= 15 is 0 Å². The van der Waals surface area contributed by atoms with E-state index in [9.17, 15) is 0 Å². The number of rotatable bonds is 1. The lowest BCUT2D eigenvalue weighted by Crippen LogP contribution is -2.30. The second-order valence-electron chi connectivity index (χ2n) is 4.28. The first-order valence-corrected chi connectivity index (χ1v) is 6.14. The summed E-state index contributed by atoms with van der Waals surface area (Å²) in [6, 6.07) is 12.5. The third-order valence-corrected chi connectivity index (χ3v) is 3.43. The summed E-state index contributed by atoms with van der Waals surface area (Å²) in [5.41, 5.74) is 4.02. The van der Waals surface area contributed by atoms with E-state index in [1.165, 1.54) is 11.1 Å². The molecule has 1 aromatic carbocycles. The van der Waals surface area contributed by atoms with E-state index in [4.69, 9.17) is 11.6 Å². The summed E-state index contributed by atoms with van der Waals surface area (Å²) < 4.78 is 0. The van der Waals surface area contributed by atoms with Crippen LogP contribution in [0.15, 0.2) is 42.6 Å². The second-order valence-corrected chi connectivity index (χ2v) is 4.67. The lowest BCUT2D eigenvalue weighted by atomic mass is 10.00. The van der Waals surface area contributed by atoms with E-state index in [1.807, 2.05) is 18.3 Å². The Morgan fingerprint density at radius 1 is 1.06 bits per heavy atom. The third kappa shape index (κ3) is 2.13. The topological polar surface area (TPSA) is 16.1 Å². The van der Waals surface area contributed by atoms with Gasteiger partial charge in [0.2, 0.25) is 0 Å². The Morgan fingerprint density at radius 3 is 2.65 bits per heavy atom. The number of hydrogen-bond acceptors (Lipinski definition) is 2. The van der Waals surface area contributed by atoms with Crippen LogP contribution in [0.25, 0.3) is 0 Å². The van der Waals surface area contributed by atoms with E-state index in [0.29, 0.717) is 5.15 Å². The first kappa shape index (κ1) is 10.6. The minimum absolute atomic E-state index is 0.547. The number of nitrogens with zero attached hydrogens (tertiary/aromatic N) is 2. The molecule has 0 spiro atoms. The van der Waals surface area contributed by atoms with E-state index < -0.39 is 0 Å². The van der Waals surface area contributed by atoms with Gasteiger partial charge in [0.1, 0.15) is 5.15 Å². The molecule has 0 saturated carbocycles. The van der Waals surface area contributed by atoms with Crippen LogP contribution >= 0.6 is 11.6 Å². The van der Waals surface area contributed by atoms with Crippen LogP contribution in [-0.4, -0.2) is 11.5 Å². The molecule has 0 bridgehead atoms. The fourth-order valence-electron chi connectivity index (χ4n) is 2.27. The third-order valence-electron chi connectivity index (χ3n) is 3.21. The van der Waals surface area contributed by atoms with E-state index in [-0.39, 0.29) is 0 Å². The van der Waals surface area contributed by atoms with Gasteiger partial charge in [-0.2, -0.15) is 0 Å². The van der Waals surface area contributed by atoms with Gasteiger partial charge in [-0.3, -0.25) is 0 Å². The maximum absolute atomic E-state index is 5.80. The molecule has 2 heterocycles. The number of pyridine rings is 1. The van der Waals surface area contributed by atoms with Crippen LogP contribution < -0.4 is 4.90 Å². The van der Waals surface area contributed by atoms with Gasteiger partial charge in [-0.1, -0.05) is 35.9 Å². The molecule has 0 atom stereocenters. The molecule has 0 fully saturated rings. The molecule has 1 aliphatic rings. The Hall–Kier alpha value is -1.54. The summed E-state index contributed by atoms with van der Waals surface area (Å²) in [5.74, 6) is 0. The number of fused-ring (bicyclic) bond motifs is 1. The Bertz CT molecular complexity index is 522. The van der Waals surface area contributed by atoms with Gasteiger partial charge >= 0.3 is 0 Å². The van der Waals surface area contributed by atoms with Crippen LogP contribution in [0, 0.1) is 0 Å². The molecule has 2 nitrogen and oxygen atoms in total. The highest BCUT2D eigenvalue weighted by Gasteiger charge is 2.15. The fraction of sp³-hybridized carbons (Fsp3) is 0.214. The second kappa shape index (κ2) is 4.38. The minimum Gasteiger partial charge on any atom is -0.366 e. The molecule has 86 valence electrons. The van der Waals surface area contributed by atoms with Crippen LogP contribution in [0.4, 0.5) is 5.69 Å². The lowest BCUT2D eigenvalue weighted by Gasteiger charge is -2.30. The van der Waals surface area contributed by atoms with Crippen molar-refractivity contribution in [3.05, 3.63) is 58.9 Å². The molecular weight excluding hydrogens is 232 g/mol. The summed E-state index contributed by atoms with van der Waals surface area (Å²) in [5, 5.41) is 0.547. The SMILES string of the molecule is Clc1ccc(N2CCc3ccccc3C2)cn1. The summed E-state index contributed by atoms with van der Waals surface area (Å²) in [6.45, 7) is 2.00. The molecule has 0 saturated heterocycles. The number of halogens is 1. The molecule has 17 heavy (non-hydrogen) atoms. The maximum atomic E-state index is 5.80. The highest BCUT2D eigenvalue weighted by atomic mass is 35.5. The van der Waals surface area contributed by atoms with Gasteiger partial charge in [0, 0.05) is 13.1 Å². The van der Waals surface area contributed by atoms with Crippen LogP contribution in [0.5, 0.6) is 0 Å². The predicted molar refractivity (Wildman–Crippen MR) is 70.4 cm³/mol. The minimum atomic E-state index is 0.547. The van der Waals surface area contributed by atoms with Gasteiger partial charge in [-0.05, 0) is 29.7 Å². The first-order chi connectivity index (χ1) is 8.33. The summed E-state index contributed by atoms with van der Waals surface area (Å²) in [7, 11) is 0. The van der Waals surface area contributed by atoms with Crippen molar-refractivity contribution in [1.82, 2.24) is 4.98 Å². The summed E-state index contributed by atoms with van der Waals surface area (Å²) in [6.07, 6.45) is 2.94. The smallest absolute Gasteiger partial charge is 0.129 e. The molecule has 0 amide bonds. The zero-order valence-corrected chi connectivity index (χ0v) is 10.2. The van der Waals surface area contributed by atoms with Crippen molar-refractivity contribution in [1.29, 1.82) is 0 Å². The van der Waals surface area contributed by atoms with Gasteiger partial charge < -0.3 is 4.90 Å². The van der Waals surface area contributed by atoms with Crippen molar-refractivity contribution in [3.8, 4) is 0 Å². The van der Waals surface area contributed by atoms with Crippen LogP contribution in [-0.2, 0) is 13.0 Å².